The van der Waals surface area contributed by atoms with Crippen LogP contribution < -0.4 is 5.73 Å². The van der Waals surface area contributed by atoms with Crippen molar-refractivity contribution >= 4 is 0 Å². The molecule has 1 aromatic heterocycles. The van der Waals surface area contributed by atoms with Crippen molar-refractivity contribution in [3.8, 4) is 11.1 Å². The highest BCUT2D eigenvalue weighted by molar-refractivity contribution is 5.65. The molecular formula is C14H19N3. The Morgan fingerprint density at radius 3 is 2.53 bits per heavy atom. The maximum Gasteiger partial charge on any atom is 0.0569 e. The highest BCUT2D eigenvalue weighted by Gasteiger charge is 2.06. The Bertz CT molecular complexity index is 468. The molecule has 0 bridgehead atoms. The maximum atomic E-state index is 5.66. The molecule has 3 nitrogen and oxygen atoms in total. The van der Waals surface area contributed by atoms with E-state index in [0.717, 1.165) is 17.7 Å². The normalized spacial score (nSPS) is 11.1. The Balaban J connectivity index is 2.23. The molecule has 1 heterocycles. The first-order valence-electron chi connectivity index (χ1n) is 6.02. The van der Waals surface area contributed by atoms with Gasteiger partial charge in [-0.1, -0.05) is 38.1 Å². The van der Waals surface area contributed by atoms with E-state index >= 15 is 0 Å². The molecule has 1 aromatic carbocycles. The summed E-state index contributed by atoms with van der Waals surface area (Å²) in [6.45, 7) is 4.95. The Morgan fingerprint density at radius 1 is 1.24 bits per heavy atom. The van der Waals surface area contributed by atoms with Gasteiger partial charge in [0.05, 0.1) is 11.9 Å². The largest absolute Gasteiger partial charge is 0.325 e. The van der Waals surface area contributed by atoms with E-state index in [2.05, 4.69) is 48.3 Å². The molecule has 0 spiro atoms. The van der Waals surface area contributed by atoms with E-state index in [9.17, 15) is 0 Å². The topological polar surface area (TPSA) is 54.7 Å². The fraction of sp³-hybridized carbons (Fsp3) is 0.357. The molecule has 0 aliphatic heterocycles. The maximum absolute atomic E-state index is 5.66. The van der Waals surface area contributed by atoms with E-state index in [0.29, 0.717) is 12.5 Å². The molecule has 0 saturated carbocycles. The molecule has 3 heteroatoms. The van der Waals surface area contributed by atoms with Crippen LogP contribution in [-0.2, 0) is 13.0 Å². The lowest BCUT2D eigenvalue weighted by Crippen LogP contribution is -1.98. The number of hydrogen-bond acceptors (Lipinski definition) is 2. The summed E-state index contributed by atoms with van der Waals surface area (Å²) in [5.41, 5.74) is 10.3. The van der Waals surface area contributed by atoms with Crippen molar-refractivity contribution in [3.63, 3.8) is 0 Å². The van der Waals surface area contributed by atoms with Gasteiger partial charge < -0.3 is 5.73 Å². The number of nitrogens with zero attached hydrogens (tertiary/aromatic N) is 1. The lowest BCUT2D eigenvalue weighted by atomic mass is 9.99. The zero-order chi connectivity index (χ0) is 12.3. The summed E-state index contributed by atoms with van der Waals surface area (Å²) in [4.78, 5) is 0. The van der Waals surface area contributed by atoms with Gasteiger partial charge in [0.15, 0.2) is 0 Å². The van der Waals surface area contributed by atoms with Gasteiger partial charge in [0, 0.05) is 12.1 Å². The molecule has 0 saturated heterocycles. The summed E-state index contributed by atoms with van der Waals surface area (Å²) >= 11 is 0. The Morgan fingerprint density at radius 2 is 1.94 bits per heavy atom. The van der Waals surface area contributed by atoms with Crippen LogP contribution in [0.5, 0.6) is 0 Å². The van der Waals surface area contributed by atoms with E-state index in [1.54, 1.807) is 0 Å². The summed E-state index contributed by atoms with van der Waals surface area (Å²) in [5.74, 6) is 0.689. The van der Waals surface area contributed by atoms with Crippen molar-refractivity contribution in [3.05, 3.63) is 41.7 Å². The van der Waals surface area contributed by atoms with Crippen LogP contribution in [0.25, 0.3) is 11.1 Å². The van der Waals surface area contributed by atoms with Gasteiger partial charge in [-0.2, -0.15) is 5.10 Å². The number of aromatic amines is 1. The molecule has 0 atom stereocenters. The van der Waals surface area contributed by atoms with Gasteiger partial charge in [-0.15, -0.1) is 0 Å². The first kappa shape index (κ1) is 11.9. The number of benzene rings is 1. The second kappa shape index (κ2) is 5.15. The molecule has 90 valence electrons. The molecule has 2 rings (SSSR count). The lowest BCUT2D eigenvalue weighted by molar-refractivity contribution is 0.647. The Kier molecular flexibility index (Phi) is 3.59. The number of hydrogen-bond donors (Lipinski definition) is 2. The van der Waals surface area contributed by atoms with Crippen LogP contribution in [0.1, 0.15) is 25.1 Å². The van der Waals surface area contributed by atoms with E-state index < -0.39 is 0 Å². The fourth-order valence-corrected chi connectivity index (χ4v) is 2.01. The van der Waals surface area contributed by atoms with E-state index in [1.807, 2.05) is 6.20 Å². The summed E-state index contributed by atoms with van der Waals surface area (Å²) in [5, 5.41) is 6.96. The van der Waals surface area contributed by atoms with Crippen LogP contribution in [0.2, 0.25) is 0 Å². The standard InChI is InChI=1S/C14H19N3/c1-10(2)7-11-3-5-12(6-4-11)13-9-16-17-14(13)8-15/h3-6,9-10H,7-8,15H2,1-2H3,(H,16,17). The van der Waals surface area contributed by atoms with Gasteiger partial charge >= 0.3 is 0 Å². The van der Waals surface area contributed by atoms with Gasteiger partial charge in [0.25, 0.3) is 0 Å². The lowest BCUT2D eigenvalue weighted by Gasteiger charge is -2.06. The SMILES string of the molecule is CC(C)Cc1ccc(-c2cn[nH]c2CN)cc1. The van der Waals surface area contributed by atoms with Gasteiger partial charge in [0.2, 0.25) is 0 Å². The molecular weight excluding hydrogens is 210 g/mol. The summed E-state index contributed by atoms with van der Waals surface area (Å²) in [6, 6.07) is 8.65. The highest BCUT2D eigenvalue weighted by atomic mass is 15.1. The molecule has 0 unspecified atom stereocenters. The van der Waals surface area contributed by atoms with E-state index in [-0.39, 0.29) is 0 Å². The third-order valence-corrected chi connectivity index (χ3v) is 2.83. The van der Waals surface area contributed by atoms with Crippen LogP contribution in [0.4, 0.5) is 0 Å². The molecule has 0 aliphatic carbocycles. The minimum absolute atomic E-state index is 0.489. The minimum Gasteiger partial charge on any atom is -0.325 e. The highest BCUT2D eigenvalue weighted by Crippen LogP contribution is 2.22. The molecule has 0 amide bonds. The number of rotatable bonds is 4. The fourth-order valence-electron chi connectivity index (χ4n) is 2.01. The zero-order valence-corrected chi connectivity index (χ0v) is 10.4. The second-order valence-electron chi connectivity index (χ2n) is 4.76. The molecule has 17 heavy (non-hydrogen) atoms. The van der Waals surface area contributed by atoms with Crippen molar-refractivity contribution in [1.82, 2.24) is 10.2 Å². The van der Waals surface area contributed by atoms with Crippen molar-refractivity contribution in [1.29, 1.82) is 0 Å². The molecule has 2 aromatic rings. The molecule has 0 aliphatic rings. The zero-order valence-electron chi connectivity index (χ0n) is 10.4. The van der Waals surface area contributed by atoms with Crippen molar-refractivity contribution < 1.29 is 0 Å². The molecule has 0 fully saturated rings. The first-order valence-corrected chi connectivity index (χ1v) is 6.02. The van der Waals surface area contributed by atoms with Crippen LogP contribution in [0, 0.1) is 5.92 Å². The van der Waals surface area contributed by atoms with Gasteiger partial charge in [-0.05, 0) is 23.5 Å². The average Bonchev–Trinajstić information content (AvgIpc) is 2.77. The second-order valence-corrected chi connectivity index (χ2v) is 4.76. The van der Waals surface area contributed by atoms with E-state index in [1.165, 1.54) is 11.1 Å². The van der Waals surface area contributed by atoms with Crippen LogP contribution in [0.15, 0.2) is 30.5 Å². The smallest absolute Gasteiger partial charge is 0.0569 e. The molecule has 0 radical (unpaired) electrons. The summed E-state index contributed by atoms with van der Waals surface area (Å²) in [7, 11) is 0. The van der Waals surface area contributed by atoms with Crippen LogP contribution >= 0.6 is 0 Å². The average molecular weight is 229 g/mol. The predicted molar refractivity (Wildman–Crippen MR) is 70.5 cm³/mol. The number of aromatic nitrogens is 2. The predicted octanol–water partition coefficient (Wildman–Crippen LogP) is 2.73. The third-order valence-electron chi connectivity index (χ3n) is 2.83. The monoisotopic (exact) mass is 229 g/mol. The van der Waals surface area contributed by atoms with Crippen molar-refractivity contribution in [2.45, 2.75) is 26.8 Å². The van der Waals surface area contributed by atoms with Gasteiger partial charge in [-0.3, -0.25) is 5.10 Å². The minimum atomic E-state index is 0.489. The Hall–Kier alpha value is -1.61. The number of nitrogens with two attached hydrogens (primary N) is 1. The Labute approximate surface area is 102 Å². The third kappa shape index (κ3) is 2.74. The van der Waals surface area contributed by atoms with Crippen molar-refractivity contribution in [2.24, 2.45) is 11.7 Å². The summed E-state index contributed by atoms with van der Waals surface area (Å²) in [6.07, 6.45) is 2.95. The van der Waals surface area contributed by atoms with Crippen molar-refractivity contribution in [2.75, 3.05) is 0 Å². The molecule has 3 N–H and O–H groups in total. The summed E-state index contributed by atoms with van der Waals surface area (Å²) < 4.78 is 0. The number of nitrogens with one attached hydrogen (secondary N) is 1. The van der Waals surface area contributed by atoms with Gasteiger partial charge in [-0.25, -0.2) is 0 Å². The van der Waals surface area contributed by atoms with Crippen LogP contribution in [0.3, 0.4) is 0 Å². The van der Waals surface area contributed by atoms with Crippen LogP contribution in [-0.4, -0.2) is 10.2 Å². The quantitative estimate of drug-likeness (QED) is 0.847. The van der Waals surface area contributed by atoms with Gasteiger partial charge in [0.1, 0.15) is 0 Å². The van der Waals surface area contributed by atoms with E-state index in [4.69, 9.17) is 5.73 Å². The number of H-pyrrole nitrogens is 1. The first-order chi connectivity index (χ1) is 8.20.